The van der Waals surface area contributed by atoms with Crippen molar-refractivity contribution in [2.24, 2.45) is 11.8 Å². The van der Waals surface area contributed by atoms with Crippen LogP contribution in [-0.2, 0) is 11.2 Å². The number of ketones is 1. The third kappa shape index (κ3) is 3.27. The largest absolute Gasteiger partial charge is 0.299 e. The lowest BCUT2D eigenvalue weighted by Crippen LogP contribution is -2.14. The average molecular weight is 285 g/mol. The maximum absolute atomic E-state index is 12.2. The highest BCUT2D eigenvalue weighted by atomic mass is 35.5. The van der Waals surface area contributed by atoms with E-state index in [0.29, 0.717) is 22.2 Å². The van der Waals surface area contributed by atoms with Gasteiger partial charge in [-0.15, -0.1) is 0 Å². The van der Waals surface area contributed by atoms with Gasteiger partial charge in [0.15, 0.2) is 0 Å². The minimum Gasteiger partial charge on any atom is -0.299 e. The van der Waals surface area contributed by atoms with Crippen LogP contribution in [0.2, 0.25) is 10.0 Å². The maximum Gasteiger partial charge on any atom is 0.140 e. The molecule has 0 heterocycles. The molecule has 2 atom stereocenters. The summed E-state index contributed by atoms with van der Waals surface area (Å²) in [7, 11) is 0. The Hall–Kier alpha value is -0.530. The first-order valence-corrected chi connectivity index (χ1v) is 7.32. The van der Waals surface area contributed by atoms with Crippen LogP contribution in [0.25, 0.3) is 0 Å². The average Bonchev–Trinajstić information content (AvgIpc) is 2.81. The van der Waals surface area contributed by atoms with Crippen LogP contribution in [0.3, 0.4) is 0 Å². The Labute approximate surface area is 118 Å². The van der Waals surface area contributed by atoms with E-state index in [1.807, 2.05) is 6.07 Å². The summed E-state index contributed by atoms with van der Waals surface area (Å²) >= 11 is 11.9. The van der Waals surface area contributed by atoms with Crippen LogP contribution >= 0.6 is 23.2 Å². The lowest BCUT2D eigenvalue weighted by molar-refractivity contribution is -0.122. The minimum absolute atomic E-state index is 0.238. The zero-order valence-corrected chi connectivity index (χ0v) is 12.1. The van der Waals surface area contributed by atoms with Gasteiger partial charge in [-0.05, 0) is 42.9 Å². The molecule has 3 heteroatoms. The number of benzene rings is 1. The fourth-order valence-electron chi connectivity index (χ4n) is 2.74. The molecular formula is C15H18Cl2O. The number of carbonyl (C=O) groups excluding carboxylic acids is 1. The highest BCUT2D eigenvalue weighted by molar-refractivity contribution is 6.35. The summed E-state index contributed by atoms with van der Waals surface area (Å²) in [6, 6.07) is 5.35. The summed E-state index contributed by atoms with van der Waals surface area (Å²) in [6.45, 7) is 2.20. The van der Waals surface area contributed by atoms with Crippen molar-refractivity contribution in [1.29, 1.82) is 0 Å². The molecule has 1 nitrogen and oxygen atoms in total. The zero-order chi connectivity index (χ0) is 13.1. The molecule has 18 heavy (non-hydrogen) atoms. The Bertz CT molecular complexity index is 442. The van der Waals surface area contributed by atoms with Crippen molar-refractivity contribution < 1.29 is 4.79 Å². The van der Waals surface area contributed by atoms with E-state index in [1.165, 1.54) is 12.8 Å². The quantitative estimate of drug-likeness (QED) is 0.766. The number of hydrogen-bond acceptors (Lipinski definition) is 1. The van der Waals surface area contributed by atoms with E-state index in [-0.39, 0.29) is 5.92 Å². The van der Waals surface area contributed by atoms with E-state index in [4.69, 9.17) is 23.2 Å². The van der Waals surface area contributed by atoms with Gasteiger partial charge in [0.1, 0.15) is 5.78 Å². The molecule has 1 saturated carbocycles. The fraction of sp³-hybridized carbons (Fsp3) is 0.533. The smallest absolute Gasteiger partial charge is 0.140 e. The van der Waals surface area contributed by atoms with Crippen molar-refractivity contribution in [1.82, 2.24) is 0 Å². The minimum atomic E-state index is 0.238. The van der Waals surface area contributed by atoms with Crippen molar-refractivity contribution in [3.05, 3.63) is 33.8 Å². The summed E-state index contributed by atoms with van der Waals surface area (Å²) in [5, 5.41) is 1.21. The molecule has 1 aliphatic rings. The van der Waals surface area contributed by atoms with Crippen molar-refractivity contribution in [3.8, 4) is 0 Å². The molecule has 1 aliphatic carbocycles. The molecule has 0 spiro atoms. The van der Waals surface area contributed by atoms with E-state index in [1.54, 1.807) is 12.1 Å². The molecule has 0 radical (unpaired) electrons. The summed E-state index contributed by atoms with van der Waals surface area (Å²) < 4.78 is 0. The van der Waals surface area contributed by atoms with Gasteiger partial charge in [-0.1, -0.05) is 42.6 Å². The lowest BCUT2D eigenvalue weighted by Gasteiger charge is -2.10. The first-order chi connectivity index (χ1) is 8.60. The van der Waals surface area contributed by atoms with Crippen LogP contribution < -0.4 is 0 Å². The Kier molecular flexibility index (Phi) is 4.69. The molecule has 1 fully saturated rings. The fourth-order valence-corrected chi connectivity index (χ4v) is 3.21. The van der Waals surface area contributed by atoms with Crippen LogP contribution in [0.1, 0.15) is 38.2 Å². The van der Waals surface area contributed by atoms with Gasteiger partial charge < -0.3 is 0 Å². The van der Waals surface area contributed by atoms with Crippen LogP contribution in [-0.4, -0.2) is 5.78 Å². The van der Waals surface area contributed by atoms with Gasteiger partial charge in [0.25, 0.3) is 0 Å². The highest BCUT2D eigenvalue weighted by Gasteiger charge is 2.28. The second kappa shape index (κ2) is 6.08. The van der Waals surface area contributed by atoms with E-state index in [9.17, 15) is 4.79 Å². The van der Waals surface area contributed by atoms with Gasteiger partial charge in [-0.25, -0.2) is 0 Å². The second-order valence-corrected chi connectivity index (χ2v) is 6.01. The molecule has 1 aromatic carbocycles. The summed E-state index contributed by atoms with van der Waals surface area (Å²) in [5.41, 5.74) is 0.894. The van der Waals surface area contributed by atoms with E-state index >= 15 is 0 Å². The molecule has 0 bridgehead atoms. The van der Waals surface area contributed by atoms with E-state index in [0.717, 1.165) is 24.3 Å². The van der Waals surface area contributed by atoms with Gasteiger partial charge in [0, 0.05) is 22.4 Å². The van der Waals surface area contributed by atoms with Crippen molar-refractivity contribution >= 4 is 29.0 Å². The predicted octanol–water partition coefficient (Wildman–Crippen LogP) is 4.93. The second-order valence-electron chi connectivity index (χ2n) is 5.16. The normalized spacial score (nSPS) is 23.3. The lowest BCUT2D eigenvalue weighted by atomic mass is 9.95. The first-order valence-electron chi connectivity index (χ1n) is 6.56. The number of halogens is 2. The molecule has 0 aliphatic heterocycles. The van der Waals surface area contributed by atoms with Gasteiger partial charge in [-0.3, -0.25) is 4.79 Å². The van der Waals surface area contributed by atoms with Crippen molar-refractivity contribution in [3.63, 3.8) is 0 Å². The third-order valence-corrected chi connectivity index (χ3v) is 4.54. The molecule has 98 valence electrons. The molecular weight excluding hydrogens is 267 g/mol. The number of carbonyl (C=O) groups is 1. The monoisotopic (exact) mass is 284 g/mol. The third-order valence-electron chi connectivity index (χ3n) is 3.95. The molecule has 0 saturated heterocycles. The predicted molar refractivity (Wildman–Crippen MR) is 76.3 cm³/mol. The van der Waals surface area contributed by atoms with Crippen LogP contribution in [0, 0.1) is 11.8 Å². The van der Waals surface area contributed by atoms with Gasteiger partial charge >= 0.3 is 0 Å². The Balaban J connectivity index is 1.99. The molecule has 1 aromatic rings. The molecule has 0 amide bonds. The highest BCUT2D eigenvalue weighted by Crippen LogP contribution is 2.34. The van der Waals surface area contributed by atoms with E-state index in [2.05, 4.69) is 6.92 Å². The Morgan fingerprint density at radius 2 is 2.11 bits per heavy atom. The zero-order valence-electron chi connectivity index (χ0n) is 10.6. The van der Waals surface area contributed by atoms with Crippen LogP contribution in [0.4, 0.5) is 0 Å². The van der Waals surface area contributed by atoms with Crippen molar-refractivity contribution in [2.75, 3.05) is 0 Å². The van der Waals surface area contributed by atoms with Gasteiger partial charge in [0.2, 0.25) is 0 Å². The number of hydrogen-bond donors (Lipinski definition) is 0. The SMILES string of the molecule is CCC1CCC(C(=O)Cc2ccc(Cl)cc2Cl)C1. The number of rotatable bonds is 4. The van der Waals surface area contributed by atoms with Crippen LogP contribution in [0.15, 0.2) is 18.2 Å². The molecule has 0 aromatic heterocycles. The molecule has 2 unspecified atom stereocenters. The van der Waals surface area contributed by atoms with E-state index < -0.39 is 0 Å². The van der Waals surface area contributed by atoms with Crippen LogP contribution in [0.5, 0.6) is 0 Å². The summed E-state index contributed by atoms with van der Waals surface area (Å²) in [5.74, 6) is 1.30. The first kappa shape index (κ1) is 13.9. The Morgan fingerprint density at radius 1 is 1.33 bits per heavy atom. The Morgan fingerprint density at radius 3 is 2.72 bits per heavy atom. The topological polar surface area (TPSA) is 17.1 Å². The maximum atomic E-state index is 12.2. The molecule has 2 rings (SSSR count). The summed E-state index contributed by atoms with van der Waals surface area (Å²) in [6.07, 6.45) is 4.92. The summed E-state index contributed by atoms with van der Waals surface area (Å²) in [4.78, 5) is 12.2. The standard InChI is InChI=1S/C15H18Cl2O/c1-2-10-3-4-12(7-10)15(18)8-11-5-6-13(16)9-14(11)17/h5-6,9-10,12H,2-4,7-8H2,1H3. The van der Waals surface area contributed by atoms with Crippen molar-refractivity contribution in [2.45, 2.75) is 39.0 Å². The van der Waals surface area contributed by atoms with Gasteiger partial charge in [0.05, 0.1) is 0 Å². The number of Topliss-reactive ketones (excluding diaryl/α,β-unsaturated/α-hetero) is 1. The van der Waals surface area contributed by atoms with Gasteiger partial charge in [-0.2, -0.15) is 0 Å². The molecule has 0 N–H and O–H groups in total.